The van der Waals surface area contributed by atoms with Gasteiger partial charge in [-0.2, -0.15) is 5.26 Å². The Kier molecular flexibility index (Phi) is 6.42. The largest absolute Gasteiger partial charge is 0.357 e. The van der Waals surface area contributed by atoms with Crippen molar-refractivity contribution in [2.45, 2.75) is 54.2 Å². The average molecular weight is 352 g/mol. The maximum Gasteiger partial charge on any atom is 0.234 e. The van der Waals surface area contributed by atoms with Crippen molar-refractivity contribution in [1.29, 1.82) is 5.26 Å². The fourth-order valence-corrected chi connectivity index (χ4v) is 4.35. The van der Waals surface area contributed by atoms with Gasteiger partial charge in [0.1, 0.15) is 5.54 Å². The smallest absolute Gasteiger partial charge is 0.234 e. The van der Waals surface area contributed by atoms with E-state index in [1.807, 2.05) is 6.92 Å². The molecule has 0 spiro atoms. The number of thioether (sulfide) groups is 1. The number of anilines is 1. The minimum Gasteiger partial charge on any atom is -0.357 e. The molecule has 0 aliphatic heterocycles. The predicted molar refractivity (Wildman–Crippen MR) is 93.5 cm³/mol. The molecule has 2 N–H and O–H groups in total. The number of rotatable bonds is 7. The van der Waals surface area contributed by atoms with E-state index in [1.165, 1.54) is 23.1 Å². The molecule has 1 heterocycles. The Morgan fingerprint density at radius 2 is 2.26 bits per heavy atom. The quantitative estimate of drug-likeness (QED) is 0.580. The third-order valence-electron chi connectivity index (χ3n) is 3.73. The van der Waals surface area contributed by atoms with Crippen LogP contribution in [0.3, 0.4) is 0 Å². The van der Waals surface area contributed by atoms with Gasteiger partial charge in [-0.1, -0.05) is 48.4 Å². The normalized spacial score (nSPS) is 17.7. The molecule has 0 bridgehead atoms. The molecule has 1 saturated carbocycles. The molecule has 0 aromatic carbocycles. The summed E-state index contributed by atoms with van der Waals surface area (Å²) in [5.41, 5.74) is -0.693. The highest BCUT2D eigenvalue weighted by Gasteiger charge is 2.35. The van der Waals surface area contributed by atoms with Gasteiger partial charge in [-0.25, -0.2) is 0 Å². The molecule has 23 heavy (non-hydrogen) atoms. The first-order chi connectivity index (χ1) is 11.1. The van der Waals surface area contributed by atoms with Crippen molar-refractivity contribution in [2.75, 3.05) is 11.9 Å². The van der Waals surface area contributed by atoms with Crippen LogP contribution < -0.4 is 10.6 Å². The summed E-state index contributed by atoms with van der Waals surface area (Å²) in [4.78, 5) is 12.4. The van der Waals surface area contributed by atoms with Crippen LogP contribution >= 0.6 is 23.1 Å². The van der Waals surface area contributed by atoms with E-state index < -0.39 is 5.54 Å². The van der Waals surface area contributed by atoms with Crippen LogP contribution in [-0.2, 0) is 4.79 Å². The van der Waals surface area contributed by atoms with Gasteiger partial charge in [0.15, 0.2) is 4.34 Å². The van der Waals surface area contributed by atoms with Crippen LogP contribution in [0.25, 0.3) is 0 Å². The highest BCUT2D eigenvalue weighted by molar-refractivity contribution is 8.02. The Labute approximate surface area is 144 Å². The minimum absolute atomic E-state index is 0.116. The monoisotopic (exact) mass is 351 g/mol. The summed E-state index contributed by atoms with van der Waals surface area (Å²) in [6.07, 6.45) is 6.33. The molecule has 1 atom stereocenters. The van der Waals surface area contributed by atoms with Crippen LogP contribution in [0.15, 0.2) is 17.0 Å². The minimum atomic E-state index is -0.693. The van der Waals surface area contributed by atoms with E-state index >= 15 is 0 Å². The molecule has 1 aromatic heterocycles. The number of carbonyl (C=O) groups excluding carboxylic acids is 1. The zero-order chi connectivity index (χ0) is 16.7. The SMILES string of the molecule is C=CCNc1nnc(SC(C)C(=O)NC2(C#N)CCCCC2)s1. The number of nitriles is 1. The Balaban J connectivity index is 1.90. The first kappa shape index (κ1) is 17.8. The summed E-state index contributed by atoms with van der Waals surface area (Å²) in [6, 6.07) is 2.31. The number of nitrogens with one attached hydrogen (secondary N) is 2. The van der Waals surface area contributed by atoms with Crippen LogP contribution in [0.4, 0.5) is 5.13 Å². The number of carbonyl (C=O) groups is 1. The maximum atomic E-state index is 12.4. The summed E-state index contributed by atoms with van der Waals surface area (Å²) in [5, 5.41) is 23.9. The molecule has 8 heteroatoms. The van der Waals surface area contributed by atoms with Gasteiger partial charge in [-0.3, -0.25) is 4.79 Å². The second kappa shape index (κ2) is 8.31. The van der Waals surface area contributed by atoms with Crippen LogP contribution in [0.1, 0.15) is 39.0 Å². The summed E-state index contributed by atoms with van der Waals surface area (Å²) < 4.78 is 0.730. The lowest BCUT2D eigenvalue weighted by atomic mass is 9.83. The Morgan fingerprint density at radius 3 is 2.91 bits per heavy atom. The summed E-state index contributed by atoms with van der Waals surface area (Å²) in [7, 11) is 0. The van der Waals surface area contributed by atoms with Crippen LogP contribution in [0.5, 0.6) is 0 Å². The van der Waals surface area contributed by atoms with Crippen molar-refractivity contribution < 1.29 is 4.79 Å². The zero-order valence-electron chi connectivity index (χ0n) is 13.2. The van der Waals surface area contributed by atoms with Gasteiger partial charge in [-0.15, -0.1) is 16.8 Å². The van der Waals surface area contributed by atoms with E-state index in [0.717, 1.165) is 36.4 Å². The fraction of sp³-hybridized carbons (Fsp3) is 0.600. The van der Waals surface area contributed by atoms with Crippen molar-refractivity contribution in [3.63, 3.8) is 0 Å². The predicted octanol–water partition coefficient (Wildman–Crippen LogP) is 2.96. The van der Waals surface area contributed by atoms with Gasteiger partial charge in [-0.05, 0) is 19.8 Å². The number of hydrogen-bond acceptors (Lipinski definition) is 7. The van der Waals surface area contributed by atoms with Crippen LogP contribution in [0.2, 0.25) is 0 Å². The molecule has 0 saturated heterocycles. The third-order valence-corrected chi connectivity index (χ3v) is 5.80. The lowest BCUT2D eigenvalue weighted by Gasteiger charge is -2.32. The molecule has 6 nitrogen and oxygen atoms in total. The summed E-state index contributed by atoms with van der Waals surface area (Å²) >= 11 is 2.77. The van der Waals surface area contributed by atoms with Crippen molar-refractivity contribution in [3.8, 4) is 6.07 Å². The number of nitrogens with zero attached hydrogens (tertiary/aromatic N) is 3. The van der Waals surface area contributed by atoms with Gasteiger partial charge < -0.3 is 10.6 Å². The fourth-order valence-electron chi connectivity index (χ4n) is 2.45. The third kappa shape index (κ3) is 4.94. The Morgan fingerprint density at radius 1 is 1.52 bits per heavy atom. The first-order valence-electron chi connectivity index (χ1n) is 7.67. The lowest BCUT2D eigenvalue weighted by Crippen LogP contribution is -2.50. The molecule has 1 amide bonds. The van der Waals surface area contributed by atoms with Gasteiger partial charge in [0.05, 0.1) is 11.3 Å². The first-order valence-corrected chi connectivity index (χ1v) is 9.36. The van der Waals surface area contributed by atoms with E-state index in [2.05, 4.69) is 33.5 Å². The summed E-state index contributed by atoms with van der Waals surface area (Å²) in [6.45, 7) is 6.08. The molecular formula is C15H21N5OS2. The van der Waals surface area contributed by atoms with Gasteiger partial charge in [0.25, 0.3) is 0 Å². The van der Waals surface area contributed by atoms with Crippen molar-refractivity contribution in [1.82, 2.24) is 15.5 Å². The standard InChI is InChI=1S/C15H21N5OS2/c1-3-9-17-13-19-20-14(23-13)22-11(2)12(21)18-15(10-16)7-5-4-6-8-15/h3,11H,1,4-9H2,2H3,(H,17,19)(H,18,21). The van der Waals surface area contributed by atoms with Gasteiger partial charge >= 0.3 is 0 Å². The zero-order valence-corrected chi connectivity index (χ0v) is 14.8. The molecule has 1 aliphatic rings. The number of amides is 1. The molecule has 124 valence electrons. The average Bonchev–Trinajstić information content (AvgIpc) is 3.01. The molecule has 1 aliphatic carbocycles. The van der Waals surface area contributed by atoms with E-state index in [0.29, 0.717) is 11.7 Å². The van der Waals surface area contributed by atoms with E-state index in [1.54, 1.807) is 6.08 Å². The van der Waals surface area contributed by atoms with E-state index in [9.17, 15) is 10.1 Å². The molecule has 0 radical (unpaired) electrons. The van der Waals surface area contributed by atoms with Crippen LogP contribution in [-0.4, -0.2) is 33.4 Å². The molecule has 1 unspecified atom stereocenters. The second-order valence-corrected chi connectivity index (χ2v) is 8.11. The highest BCUT2D eigenvalue weighted by Crippen LogP contribution is 2.31. The second-order valence-electron chi connectivity index (χ2n) is 5.55. The Hall–Kier alpha value is -1.59. The maximum absolute atomic E-state index is 12.4. The van der Waals surface area contributed by atoms with Gasteiger partial charge in [0, 0.05) is 6.54 Å². The van der Waals surface area contributed by atoms with Crippen molar-refractivity contribution in [3.05, 3.63) is 12.7 Å². The number of aromatic nitrogens is 2. The highest BCUT2D eigenvalue weighted by atomic mass is 32.2. The van der Waals surface area contributed by atoms with E-state index in [-0.39, 0.29) is 11.2 Å². The number of hydrogen-bond donors (Lipinski definition) is 2. The Bertz CT molecular complexity index is 589. The van der Waals surface area contributed by atoms with Crippen LogP contribution in [0, 0.1) is 11.3 Å². The summed E-state index contributed by atoms with van der Waals surface area (Å²) in [5.74, 6) is -0.116. The van der Waals surface area contributed by atoms with Crippen molar-refractivity contribution >= 4 is 34.1 Å². The van der Waals surface area contributed by atoms with Crippen molar-refractivity contribution in [2.24, 2.45) is 0 Å². The molecular weight excluding hydrogens is 330 g/mol. The van der Waals surface area contributed by atoms with E-state index in [4.69, 9.17) is 0 Å². The molecule has 1 aromatic rings. The molecule has 2 rings (SSSR count). The lowest BCUT2D eigenvalue weighted by molar-refractivity contribution is -0.121. The van der Waals surface area contributed by atoms with Gasteiger partial charge in [0.2, 0.25) is 11.0 Å². The molecule has 1 fully saturated rings. The topological polar surface area (TPSA) is 90.7 Å².